The maximum Gasteiger partial charge on any atom is 0.331 e. The molecule has 2 aromatic rings. The summed E-state index contributed by atoms with van der Waals surface area (Å²) in [7, 11) is 0. The molecule has 2 heterocycles. The van der Waals surface area contributed by atoms with Crippen LogP contribution in [0.5, 0.6) is 0 Å². The van der Waals surface area contributed by atoms with E-state index < -0.39 is 0 Å². The predicted octanol–water partition coefficient (Wildman–Crippen LogP) is 2.46. The Bertz CT molecular complexity index is 1270. The third kappa shape index (κ3) is 4.62. The van der Waals surface area contributed by atoms with Gasteiger partial charge in [-0.25, -0.2) is 4.79 Å². The largest absolute Gasteiger partial charge is 0.339 e. The smallest absolute Gasteiger partial charge is 0.331 e. The summed E-state index contributed by atoms with van der Waals surface area (Å²) in [6.07, 6.45) is 7.60. The van der Waals surface area contributed by atoms with Gasteiger partial charge in [-0.2, -0.15) is 0 Å². The zero-order chi connectivity index (χ0) is 24.8. The molecule has 2 amide bonds. The summed E-state index contributed by atoms with van der Waals surface area (Å²) in [4.78, 5) is 55.9. The Kier molecular flexibility index (Phi) is 6.21. The van der Waals surface area contributed by atoms with Crippen LogP contribution in [0.3, 0.4) is 0 Å². The number of carbonyl (C=O) groups is 2. The van der Waals surface area contributed by atoms with Gasteiger partial charge in [0.15, 0.2) is 0 Å². The molecule has 6 rings (SSSR count). The Morgan fingerprint density at radius 1 is 0.667 bits per heavy atom. The van der Waals surface area contributed by atoms with Gasteiger partial charge in [-0.1, -0.05) is 12.1 Å². The van der Waals surface area contributed by atoms with Crippen molar-refractivity contribution in [1.82, 2.24) is 18.9 Å². The molecule has 8 nitrogen and oxygen atoms in total. The third-order valence-electron chi connectivity index (χ3n) is 8.74. The molecule has 192 valence electrons. The summed E-state index contributed by atoms with van der Waals surface area (Å²) >= 11 is 0. The molecule has 0 N–H and O–H groups in total. The first kappa shape index (κ1) is 23.5. The summed E-state index contributed by atoms with van der Waals surface area (Å²) in [5, 5.41) is 0.612. The van der Waals surface area contributed by atoms with Gasteiger partial charge in [0.05, 0.1) is 10.9 Å². The lowest BCUT2D eigenvalue weighted by atomic mass is 9.81. The molecule has 3 saturated carbocycles. The molecule has 4 fully saturated rings. The van der Waals surface area contributed by atoms with Crippen LogP contribution in [-0.2, 0) is 22.7 Å². The Morgan fingerprint density at radius 3 is 1.67 bits per heavy atom. The number of piperazine rings is 1. The first-order valence-corrected chi connectivity index (χ1v) is 13.8. The highest BCUT2D eigenvalue weighted by atomic mass is 16.2. The average molecular weight is 493 g/mol. The van der Waals surface area contributed by atoms with Crippen molar-refractivity contribution in [3.05, 3.63) is 45.1 Å². The van der Waals surface area contributed by atoms with E-state index in [9.17, 15) is 19.2 Å². The number of aromatic nitrogens is 2. The number of fused-ring (bicyclic) bond motifs is 1. The van der Waals surface area contributed by atoms with Gasteiger partial charge < -0.3 is 9.80 Å². The van der Waals surface area contributed by atoms with Crippen molar-refractivity contribution in [3.63, 3.8) is 0 Å². The molecule has 0 radical (unpaired) electrons. The summed E-state index contributed by atoms with van der Waals surface area (Å²) in [6, 6.07) is 7.45. The number of rotatable bonds is 6. The van der Waals surface area contributed by atoms with E-state index in [4.69, 9.17) is 0 Å². The van der Waals surface area contributed by atoms with Crippen LogP contribution >= 0.6 is 0 Å². The van der Waals surface area contributed by atoms with Crippen LogP contribution in [-0.4, -0.2) is 56.9 Å². The number of para-hydroxylation sites is 1. The maximum absolute atomic E-state index is 13.4. The molecule has 1 aromatic heterocycles. The topological polar surface area (TPSA) is 84.6 Å². The molecule has 1 aromatic carbocycles. The molecule has 36 heavy (non-hydrogen) atoms. The number of amides is 2. The van der Waals surface area contributed by atoms with Gasteiger partial charge in [0.2, 0.25) is 11.8 Å². The van der Waals surface area contributed by atoms with Crippen molar-refractivity contribution in [1.29, 1.82) is 0 Å². The fraction of sp³-hybridized carbons (Fsp3) is 0.643. The van der Waals surface area contributed by atoms with E-state index in [2.05, 4.69) is 0 Å². The lowest BCUT2D eigenvalue weighted by Crippen LogP contribution is -2.52. The number of hydrogen-bond acceptors (Lipinski definition) is 4. The van der Waals surface area contributed by atoms with Crippen LogP contribution in [0, 0.1) is 23.7 Å². The molecule has 8 heteroatoms. The van der Waals surface area contributed by atoms with Crippen molar-refractivity contribution in [2.24, 2.45) is 23.7 Å². The third-order valence-corrected chi connectivity index (χ3v) is 8.74. The lowest BCUT2D eigenvalue weighted by molar-refractivity contribution is -0.143. The Morgan fingerprint density at radius 2 is 1.14 bits per heavy atom. The van der Waals surface area contributed by atoms with Crippen LogP contribution < -0.4 is 11.2 Å². The quantitative estimate of drug-likeness (QED) is 0.620. The van der Waals surface area contributed by atoms with Crippen LogP contribution in [0.15, 0.2) is 33.9 Å². The summed E-state index contributed by atoms with van der Waals surface area (Å²) in [5.41, 5.74) is 0.353. The molecule has 1 saturated heterocycles. The number of hydrogen-bond donors (Lipinski definition) is 0. The summed E-state index contributed by atoms with van der Waals surface area (Å²) < 4.78 is 3.25. The maximum atomic E-state index is 13.4. The molecule has 1 aliphatic heterocycles. The second-order valence-corrected chi connectivity index (χ2v) is 11.4. The van der Waals surface area contributed by atoms with E-state index in [0.29, 0.717) is 50.6 Å². The molecule has 4 aliphatic rings. The van der Waals surface area contributed by atoms with Crippen molar-refractivity contribution >= 4 is 22.7 Å². The van der Waals surface area contributed by atoms with E-state index >= 15 is 0 Å². The van der Waals surface area contributed by atoms with Gasteiger partial charge in [0.25, 0.3) is 5.56 Å². The highest BCUT2D eigenvalue weighted by Gasteiger charge is 2.37. The number of carbonyl (C=O) groups excluding carboxylic acids is 2. The minimum Gasteiger partial charge on any atom is -0.339 e. The fourth-order valence-electron chi connectivity index (χ4n) is 6.11. The molecular weight excluding hydrogens is 456 g/mol. The molecule has 0 unspecified atom stereocenters. The molecule has 3 aliphatic carbocycles. The number of nitrogens with zero attached hydrogens (tertiary/aromatic N) is 4. The first-order valence-electron chi connectivity index (χ1n) is 13.8. The predicted molar refractivity (Wildman–Crippen MR) is 137 cm³/mol. The Labute approximate surface area is 210 Å². The van der Waals surface area contributed by atoms with E-state index in [0.717, 1.165) is 56.9 Å². The van der Waals surface area contributed by atoms with Crippen molar-refractivity contribution in [3.8, 4) is 0 Å². The standard InChI is InChI=1S/C28H36N4O4/c33-25(29-13-15-30(16-14-29)26(34)22-11-12-22)21-9-7-20(8-10-21)18-32-27(35)23-3-1-2-4-24(23)31(28(32)36)17-19-5-6-19/h1-4,19-22H,5-18H2. The molecule has 0 atom stereocenters. The highest BCUT2D eigenvalue weighted by Crippen LogP contribution is 2.33. The molecular formula is C28H36N4O4. The van der Waals surface area contributed by atoms with Crippen LogP contribution in [0.4, 0.5) is 0 Å². The van der Waals surface area contributed by atoms with Gasteiger partial charge in [0, 0.05) is 51.1 Å². The van der Waals surface area contributed by atoms with E-state index in [1.54, 1.807) is 4.57 Å². The minimum atomic E-state index is -0.195. The fourth-order valence-corrected chi connectivity index (χ4v) is 6.11. The molecule has 0 spiro atoms. The lowest BCUT2D eigenvalue weighted by Gasteiger charge is -2.38. The van der Waals surface area contributed by atoms with Crippen LogP contribution in [0.1, 0.15) is 51.4 Å². The zero-order valence-corrected chi connectivity index (χ0v) is 20.9. The van der Waals surface area contributed by atoms with Gasteiger partial charge in [-0.15, -0.1) is 0 Å². The van der Waals surface area contributed by atoms with Gasteiger partial charge in [-0.3, -0.25) is 23.5 Å². The van der Waals surface area contributed by atoms with Crippen molar-refractivity contribution < 1.29 is 9.59 Å². The van der Waals surface area contributed by atoms with E-state index in [1.165, 1.54) is 4.57 Å². The van der Waals surface area contributed by atoms with E-state index in [1.807, 2.05) is 34.1 Å². The van der Waals surface area contributed by atoms with Gasteiger partial charge >= 0.3 is 5.69 Å². The zero-order valence-electron chi connectivity index (χ0n) is 20.9. The van der Waals surface area contributed by atoms with Gasteiger partial charge in [-0.05, 0) is 75.3 Å². The summed E-state index contributed by atoms with van der Waals surface area (Å²) in [5.74, 6) is 1.47. The van der Waals surface area contributed by atoms with Crippen molar-refractivity contribution in [2.45, 2.75) is 64.5 Å². The first-order chi connectivity index (χ1) is 17.5. The highest BCUT2D eigenvalue weighted by molar-refractivity contribution is 5.82. The monoisotopic (exact) mass is 492 g/mol. The molecule has 0 bridgehead atoms. The normalized spacial score (nSPS) is 24.8. The Hall–Kier alpha value is -2.90. The summed E-state index contributed by atoms with van der Waals surface area (Å²) in [6.45, 7) is 3.66. The van der Waals surface area contributed by atoms with Crippen molar-refractivity contribution in [2.75, 3.05) is 26.2 Å². The van der Waals surface area contributed by atoms with Gasteiger partial charge in [0.1, 0.15) is 0 Å². The second kappa shape index (κ2) is 9.52. The number of benzene rings is 1. The van der Waals surface area contributed by atoms with E-state index in [-0.39, 0.29) is 40.8 Å². The Balaban J connectivity index is 1.09. The minimum absolute atomic E-state index is 0.00628. The van der Waals surface area contributed by atoms with Crippen LogP contribution in [0.2, 0.25) is 0 Å². The second-order valence-electron chi connectivity index (χ2n) is 11.4. The van der Waals surface area contributed by atoms with Crippen LogP contribution in [0.25, 0.3) is 10.9 Å². The SMILES string of the molecule is O=C(C1CCC(Cn2c(=O)c3ccccc3n(CC3CC3)c2=O)CC1)N1CCN(C(=O)C2CC2)CC1. The average Bonchev–Trinajstić information content (AvgIpc) is 3.84.